The summed E-state index contributed by atoms with van der Waals surface area (Å²) in [5.41, 5.74) is -0.373. The molecule has 0 saturated carbocycles. The van der Waals surface area contributed by atoms with E-state index in [1.165, 1.54) is 4.90 Å². The van der Waals surface area contributed by atoms with Crippen LogP contribution in [-0.2, 0) is 4.79 Å². The smallest absolute Gasteiger partial charge is 0.335 e. The van der Waals surface area contributed by atoms with Crippen LogP contribution in [0.2, 0.25) is 0 Å². The summed E-state index contributed by atoms with van der Waals surface area (Å²) in [6.07, 6.45) is 0. The molecule has 0 aliphatic heterocycles. The largest absolute Gasteiger partial charge is 0.478 e. The number of rotatable bonds is 5. The van der Waals surface area contributed by atoms with Crippen molar-refractivity contribution in [1.29, 1.82) is 0 Å². The predicted molar refractivity (Wildman–Crippen MR) is 67.2 cm³/mol. The lowest BCUT2D eigenvalue weighted by molar-refractivity contribution is -0.384. The van der Waals surface area contributed by atoms with Crippen molar-refractivity contribution in [3.63, 3.8) is 0 Å². The molecule has 1 amide bonds. The Morgan fingerprint density at radius 2 is 2.05 bits per heavy atom. The first-order valence-electron chi connectivity index (χ1n) is 5.28. The number of benzene rings is 1. The fourth-order valence-electron chi connectivity index (χ4n) is 1.30. The number of likely N-dealkylation sites (N-methyl/N-ethyl adjacent to an activating group) is 1. The lowest BCUT2D eigenvalue weighted by Crippen LogP contribution is -2.28. The maximum atomic E-state index is 11.4. The van der Waals surface area contributed by atoms with E-state index in [1.54, 1.807) is 14.1 Å². The van der Waals surface area contributed by atoms with Crippen LogP contribution in [0.5, 0.6) is 0 Å². The third kappa shape index (κ3) is 3.66. The Balaban J connectivity index is 3.01. The van der Waals surface area contributed by atoms with Crippen LogP contribution < -0.4 is 5.32 Å². The van der Waals surface area contributed by atoms with E-state index in [2.05, 4.69) is 5.32 Å². The van der Waals surface area contributed by atoms with E-state index in [-0.39, 0.29) is 29.4 Å². The number of nitro groups is 1. The van der Waals surface area contributed by atoms with Gasteiger partial charge in [-0.05, 0) is 12.1 Å². The maximum absolute atomic E-state index is 11.4. The van der Waals surface area contributed by atoms with Gasteiger partial charge in [-0.15, -0.1) is 0 Å². The Morgan fingerprint density at radius 1 is 1.42 bits per heavy atom. The second-order valence-electron chi connectivity index (χ2n) is 3.94. The number of carboxylic acid groups (broad SMARTS) is 1. The van der Waals surface area contributed by atoms with Gasteiger partial charge in [-0.1, -0.05) is 0 Å². The maximum Gasteiger partial charge on any atom is 0.335 e. The van der Waals surface area contributed by atoms with Crippen molar-refractivity contribution in [3.05, 3.63) is 33.9 Å². The van der Waals surface area contributed by atoms with Crippen LogP contribution in [0.1, 0.15) is 10.4 Å². The molecular weight excluding hydrogens is 254 g/mol. The zero-order valence-electron chi connectivity index (χ0n) is 10.4. The molecule has 1 aromatic rings. The molecule has 0 unspecified atom stereocenters. The van der Waals surface area contributed by atoms with Gasteiger partial charge in [0.1, 0.15) is 5.69 Å². The summed E-state index contributed by atoms with van der Waals surface area (Å²) >= 11 is 0. The van der Waals surface area contributed by atoms with E-state index in [4.69, 9.17) is 5.11 Å². The molecule has 0 heterocycles. The van der Waals surface area contributed by atoms with Gasteiger partial charge in [-0.2, -0.15) is 0 Å². The van der Waals surface area contributed by atoms with Gasteiger partial charge in [0.15, 0.2) is 0 Å². The Hall–Kier alpha value is -2.64. The molecule has 8 nitrogen and oxygen atoms in total. The number of carbonyl (C=O) groups excluding carboxylic acids is 1. The molecule has 0 aliphatic carbocycles. The number of nitrogens with one attached hydrogen (secondary N) is 1. The summed E-state index contributed by atoms with van der Waals surface area (Å²) in [7, 11) is 3.10. The first-order valence-corrected chi connectivity index (χ1v) is 5.28. The van der Waals surface area contributed by atoms with E-state index in [0.717, 1.165) is 18.2 Å². The highest BCUT2D eigenvalue weighted by Crippen LogP contribution is 2.25. The van der Waals surface area contributed by atoms with E-state index in [0.29, 0.717) is 0 Å². The number of amides is 1. The highest BCUT2D eigenvalue weighted by Gasteiger charge is 2.17. The van der Waals surface area contributed by atoms with Crippen molar-refractivity contribution in [3.8, 4) is 0 Å². The molecule has 1 aromatic carbocycles. The number of carboxylic acids is 1. The molecule has 0 fully saturated rings. The first kappa shape index (κ1) is 14.4. The van der Waals surface area contributed by atoms with Crippen LogP contribution in [0.4, 0.5) is 11.4 Å². The first-order chi connectivity index (χ1) is 8.82. The van der Waals surface area contributed by atoms with Gasteiger partial charge in [0.25, 0.3) is 5.69 Å². The van der Waals surface area contributed by atoms with Gasteiger partial charge in [-0.25, -0.2) is 4.79 Å². The molecule has 19 heavy (non-hydrogen) atoms. The van der Waals surface area contributed by atoms with E-state index >= 15 is 0 Å². The Labute approximate surface area is 108 Å². The molecule has 0 spiro atoms. The van der Waals surface area contributed by atoms with Crippen molar-refractivity contribution in [2.75, 3.05) is 26.0 Å². The highest BCUT2D eigenvalue weighted by atomic mass is 16.6. The predicted octanol–water partition coefficient (Wildman–Crippen LogP) is 0.793. The van der Waals surface area contributed by atoms with Gasteiger partial charge >= 0.3 is 5.97 Å². The fraction of sp³-hybridized carbons (Fsp3) is 0.273. The van der Waals surface area contributed by atoms with Crippen LogP contribution in [0, 0.1) is 10.1 Å². The van der Waals surface area contributed by atoms with Crippen LogP contribution in [0.15, 0.2) is 18.2 Å². The quantitative estimate of drug-likeness (QED) is 0.602. The lowest BCUT2D eigenvalue weighted by atomic mass is 10.1. The fourth-order valence-corrected chi connectivity index (χ4v) is 1.30. The summed E-state index contributed by atoms with van der Waals surface area (Å²) in [5.74, 6) is -1.48. The Bertz CT molecular complexity index is 527. The number of nitrogens with zero attached hydrogens (tertiary/aromatic N) is 2. The van der Waals surface area contributed by atoms with Crippen molar-refractivity contribution in [1.82, 2.24) is 4.90 Å². The minimum Gasteiger partial charge on any atom is -0.478 e. The number of aromatic carboxylic acids is 1. The molecule has 0 radical (unpaired) electrons. The van der Waals surface area contributed by atoms with Gasteiger partial charge in [0, 0.05) is 20.2 Å². The van der Waals surface area contributed by atoms with Gasteiger partial charge in [-0.3, -0.25) is 14.9 Å². The second-order valence-corrected chi connectivity index (χ2v) is 3.94. The number of carbonyl (C=O) groups is 2. The molecular formula is C11H13N3O5. The van der Waals surface area contributed by atoms with Gasteiger partial charge < -0.3 is 15.3 Å². The minimum absolute atomic E-state index is 0.0000926. The van der Waals surface area contributed by atoms with Crippen molar-refractivity contribution in [2.45, 2.75) is 0 Å². The molecule has 102 valence electrons. The minimum atomic E-state index is -1.20. The normalized spacial score (nSPS) is 9.79. The number of anilines is 1. The van der Waals surface area contributed by atoms with Gasteiger partial charge in [0.05, 0.1) is 17.0 Å². The average Bonchev–Trinajstić information content (AvgIpc) is 2.34. The zero-order chi connectivity index (χ0) is 14.6. The number of hydrogen-bond donors (Lipinski definition) is 2. The summed E-state index contributed by atoms with van der Waals surface area (Å²) in [5, 5.41) is 22.2. The SMILES string of the molecule is CN(C)C(=O)CNc1cc(C(=O)O)ccc1[N+](=O)[O-]. The van der Waals surface area contributed by atoms with E-state index < -0.39 is 10.9 Å². The number of nitro benzene ring substituents is 1. The molecule has 0 bridgehead atoms. The van der Waals surface area contributed by atoms with E-state index in [1.807, 2.05) is 0 Å². The van der Waals surface area contributed by atoms with Crippen molar-refractivity contribution >= 4 is 23.3 Å². The molecule has 0 atom stereocenters. The second kappa shape index (κ2) is 5.80. The highest BCUT2D eigenvalue weighted by molar-refractivity contribution is 5.90. The standard InChI is InChI=1S/C11H13N3O5/c1-13(2)10(15)6-12-8-5-7(11(16)17)3-4-9(8)14(18)19/h3-5,12H,6H2,1-2H3,(H,16,17). The molecule has 1 rings (SSSR count). The van der Waals surface area contributed by atoms with Crippen molar-refractivity contribution < 1.29 is 19.6 Å². The molecule has 2 N–H and O–H groups in total. The summed E-state index contributed by atoms with van der Waals surface area (Å²) in [4.78, 5) is 33.7. The monoisotopic (exact) mass is 267 g/mol. The summed E-state index contributed by atoms with van der Waals surface area (Å²) < 4.78 is 0. The number of hydrogen-bond acceptors (Lipinski definition) is 5. The van der Waals surface area contributed by atoms with E-state index in [9.17, 15) is 19.7 Å². The molecule has 8 heteroatoms. The summed E-state index contributed by atoms with van der Waals surface area (Å²) in [6.45, 7) is -0.156. The van der Waals surface area contributed by atoms with Gasteiger partial charge in [0.2, 0.25) is 5.91 Å². The van der Waals surface area contributed by atoms with Crippen LogP contribution in [0.3, 0.4) is 0 Å². The molecule has 0 aliphatic rings. The Kier molecular flexibility index (Phi) is 4.41. The molecule has 0 aromatic heterocycles. The summed E-state index contributed by atoms with van der Waals surface area (Å²) in [6, 6.07) is 3.36. The van der Waals surface area contributed by atoms with Crippen molar-refractivity contribution in [2.24, 2.45) is 0 Å². The Morgan fingerprint density at radius 3 is 2.53 bits per heavy atom. The topological polar surface area (TPSA) is 113 Å². The van der Waals surface area contributed by atoms with Crippen LogP contribution >= 0.6 is 0 Å². The molecule has 0 saturated heterocycles. The third-order valence-electron chi connectivity index (χ3n) is 2.37. The van der Waals surface area contributed by atoms with Crippen LogP contribution in [-0.4, -0.2) is 47.4 Å². The zero-order valence-corrected chi connectivity index (χ0v) is 10.4. The average molecular weight is 267 g/mol. The lowest BCUT2D eigenvalue weighted by Gasteiger charge is -2.12. The third-order valence-corrected chi connectivity index (χ3v) is 2.37. The van der Waals surface area contributed by atoms with Crippen LogP contribution in [0.25, 0.3) is 0 Å².